The highest BCUT2D eigenvalue weighted by molar-refractivity contribution is 5.29. The molecule has 1 atom stereocenters. The zero-order chi connectivity index (χ0) is 12.5. The van der Waals surface area contributed by atoms with E-state index in [0.29, 0.717) is 24.5 Å². The fourth-order valence-electron chi connectivity index (χ4n) is 1.23. The largest absolute Gasteiger partial charge is 0.468 e. The maximum atomic E-state index is 9.44. The molecule has 1 aromatic carbocycles. The van der Waals surface area contributed by atoms with Crippen molar-refractivity contribution in [1.82, 2.24) is 0 Å². The van der Waals surface area contributed by atoms with Gasteiger partial charge in [-0.1, -0.05) is 12.1 Å². The zero-order valence-corrected chi connectivity index (χ0v) is 9.83. The van der Waals surface area contributed by atoms with E-state index in [4.69, 9.17) is 19.3 Å². The molecule has 5 heteroatoms. The third-order valence-corrected chi connectivity index (χ3v) is 2.16. The highest BCUT2D eigenvalue weighted by atomic mass is 16.7. The van der Waals surface area contributed by atoms with Gasteiger partial charge in [-0.3, -0.25) is 0 Å². The molecular weight excluding hydrogens is 224 g/mol. The first-order valence-electron chi connectivity index (χ1n) is 5.36. The first kappa shape index (κ1) is 13.9. The quantitative estimate of drug-likeness (QED) is 0.519. The molecular formula is C12H18O5. The summed E-state index contributed by atoms with van der Waals surface area (Å²) in [4.78, 5) is 0. The lowest BCUT2D eigenvalue weighted by molar-refractivity contribution is -0.00862. The number of hydrogen-bond acceptors (Lipinski definition) is 5. The summed E-state index contributed by atoms with van der Waals surface area (Å²) < 4.78 is 15.3. The summed E-state index contributed by atoms with van der Waals surface area (Å²) in [6.07, 6.45) is -0.882. The Morgan fingerprint density at radius 2 is 2.12 bits per heavy atom. The van der Waals surface area contributed by atoms with Gasteiger partial charge in [0.25, 0.3) is 0 Å². The molecule has 0 bridgehead atoms. The van der Waals surface area contributed by atoms with Crippen molar-refractivity contribution in [2.75, 3.05) is 33.7 Å². The molecule has 2 N–H and O–H groups in total. The van der Waals surface area contributed by atoms with Crippen LogP contribution < -0.4 is 4.74 Å². The Kier molecular flexibility index (Phi) is 6.57. The van der Waals surface area contributed by atoms with E-state index in [2.05, 4.69) is 0 Å². The number of ether oxygens (including phenoxy) is 3. The van der Waals surface area contributed by atoms with E-state index in [-0.39, 0.29) is 13.4 Å². The Hall–Kier alpha value is -1.14. The third kappa shape index (κ3) is 5.14. The second kappa shape index (κ2) is 8.03. The summed E-state index contributed by atoms with van der Waals surface area (Å²) >= 11 is 0. The molecule has 1 rings (SSSR count). The van der Waals surface area contributed by atoms with Crippen LogP contribution in [0.2, 0.25) is 0 Å². The van der Waals surface area contributed by atoms with E-state index >= 15 is 0 Å². The van der Waals surface area contributed by atoms with Crippen LogP contribution >= 0.6 is 0 Å². The summed E-state index contributed by atoms with van der Waals surface area (Å²) in [7, 11) is 1.60. The average Bonchev–Trinajstić information content (AvgIpc) is 2.38. The van der Waals surface area contributed by atoms with Crippen molar-refractivity contribution in [3.8, 4) is 5.75 Å². The first-order chi connectivity index (χ1) is 8.27. The molecule has 5 nitrogen and oxygen atoms in total. The molecule has 0 fully saturated rings. The summed E-state index contributed by atoms with van der Waals surface area (Å²) in [5.41, 5.74) is 0.613. The standard InChI is InChI=1S/C12H18O5/c1-15-5-6-16-9-17-11-4-2-3-10(7-11)12(14)8-13/h2-4,7,12-14H,5-6,8-9H2,1H3/t12-/m1/s1. The second-order valence-corrected chi connectivity index (χ2v) is 3.43. The Morgan fingerprint density at radius 1 is 1.29 bits per heavy atom. The predicted molar refractivity (Wildman–Crippen MR) is 61.8 cm³/mol. The summed E-state index contributed by atoms with van der Waals surface area (Å²) in [5, 5.41) is 18.3. The Labute approximate surface area is 101 Å². The minimum atomic E-state index is -0.882. The SMILES string of the molecule is COCCOCOc1cccc([C@H](O)CO)c1. The van der Waals surface area contributed by atoms with Crippen LogP contribution in [0.4, 0.5) is 0 Å². The molecule has 0 unspecified atom stereocenters. The lowest BCUT2D eigenvalue weighted by Crippen LogP contribution is -2.08. The minimum absolute atomic E-state index is 0.127. The van der Waals surface area contributed by atoms with E-state index in [1.54, 1.807) is 31.4 Å². The van der Waals surface area contributed by atoms with Gasteiger partial charge < -0.3 is 24.4 Å². The van der Waals surface area contributed by atoms with Crippen molar-refractivity contribution >= 4 is 0 Å². The highest BCUT2D eigenvalue weighted by Crippen LogP contribution is 2.18. The fourth-order valence-corrected chi connectivity index (χ4v) is 1.23. The van der Waals surface area contributed by atoms with Gasteiger partial charge in [0.1, 0.15) is 11.9 Å². The van der Waals surface area contributed by atoms with Crippen LogP contribution in [0.15, 0.2) is 24.3 Å². The van der Waals surface area contributed by atoms with E-state index in [9.17, 15) is 5.11 Å². The lowest BCUT2D eigenvalue weighted by atomic mass is 10.1. The molecule has 96 valence electrons. The zero-order valence-electron chi connectivity index (χ0n) is 9.83. The van der Waals surface area contributed by atoms with Crippen LogP contribution in [0.25, 0.3) is 0 Å². The number of aliphatic hydroxyl groups is 2. The number of hydrogen-bond donors (Lipinski definition) is 2. The van der Waals surface area contributed by atoms with Crippen LogP contribution in [-0.4, -0.2) is 43.9 Å². The van der Waals surface area contributed by atoms with Gasteiger partial charge in [0.05, 0.1) is 19.8 Å². The third-order valence-electron chi connectivity index (χ3n) is 2.16. The van der Waals surface area contributed by atoms with Gasteiger partial charge >= 0.3 is 0 Å². The van der Waals surface area contributed by atoms with Gasteiger partial charge in [0, 0.05) is 7.11 Å². The normalized spacial score (nSPS) is 12.4. The Morgan fingerprint density at radius 3 is 2.82 bits per heavy atom. The maximum Gasteiger partial charge on any atom is 0.189 e. The van der Waals surface area contributed by atoms with E-state index < -0.39 is 6.10 Å². The van der Waals surface area contributed by atoms with Gasteiger partial charge in [-0.05, 0) is 17.7 Å². The maximum absolute atomic E-state index is 9.44. The molecule has 0 aromatic heterocycles. The molecule has 0 saturated heterocycles. The van der Waals surface area contributed by atoms with Crippen molar-refractivity contribution in [3.63, 3.8) is 0 Å². The second-order valence-electron chi connectivity index (χ2n) is 3.43. The number of rotatable bonds is 8. The monoisotopic (exact) mass is 242 g/mol. The molecule has 0 spiro atoms. The van der Waals surface area contributed by atoms with Crippen LogP contribution in [-0.2, 0) is 9.47 Å². The molecule has 0 aliphatic rings. The van der Waals surface area contributed by atoms with Gasteiger partial charge in [-0.25, -0.2) is 0 Å². The molecule has 0 heterocycles. The van der Waals surface area contributed by atoms with Crippen LogP contribution in [0.3, 0.4) is 0 Å². The van der Waals surface area contributed by atoms with Crippen molar-refractivity contribution in [2.24, 2.45) is 0 Å². The molecule has 0 saturated carbocycles. The van der Waals surface area contributed by atoms with Crippen LogP contribution in [0.5, 0.6) is 5.75 Å². The Balaban J connectivity index is 2.38. The number of methoxy groups -OCH3 is 1. The predicted octanol–water partition coefficient (Wildman–Crippen LogP) is 0.712. The van der Waals surface area contributed by atoms with Crippen molar-refractivity contribution in [1.29, 1.82) is 0 Å². The molecule has 1 aromatic rings. The Bertz CT molecular complexity index is 316. The first-order valence-corrected chi connectivity index (χ1v) is 5.36. The van der Waals surface area contributed by atoms with Crippen molar-refractivity contribution in [2.45, 2.75) is 6.10 Å². The average molecular weight is 242 g/mol. The molecule has 0 aliphatic carbocycles. The van der Waals surface area contributed by atoms with E-state index in [0.717, 1.165) is 0 Å². The summed E-state index contributed by atoms with van der Waals surface area (Å²) in [5.74, 6) is 0.590. The van der Waals surface area contributed by atoms with Gasteiger partial charge in [0.15, 0.2) is 6.79 Å². The van der Waals surface area contributed by atoms with Crippen LogP contribution in [0.1, 0.15) is 11.7 Å². The fraction of sp³-hybridized carbons (Fsp3) is 0.500. The number of aliphatic hydroxyl groups excluding tert-OH is 2. The highest BCUT2D eigenvalue weighted by Gasteiger charge is 2.06. The van der Waals surface area contributed by atoms with Crippen LogP contribution in [0, 0.1) is 0 Å². The van der Waals surface area contributed by atoms with Crippen molar-refractivity contribution in [3.05, 3.63) is 29.8 Å². The van der Waals surface area contributed by atoms with Gasteiger partial charge in [-0.2, -0.15) is 0 Å². The smallest absolute Gasteiger partial charge is 0.189 e. The molecule has 0 amide bonds. The molecule has 0 radical (unpaired) electrons. The van der Waals surface area contributed by atoms with Crippen molar-refractivity contribution < 1.29 is 24.4 Å². The summed E-state index contributed by atoms with van der Waals surface area (Å²) in [6, 6.07) is 6.89. The topological polar surface area (TPSA) is 68.2 Å². The summed E-state index contributed by atoms with van der Waals surface area (Å²) in [6.45, 7) is 0.803. The van der Waals surface area contributed by atoms with E-state index in [1.165, 1.54) is 0 Å². The van der Waals surface area contributed by atoms with Gasteiger partial charge in [-0.15, -0.1) is 0 Å². The van der Waals surface area contributed by atoms with Gasteiger partial charge in [0.2, 0.25) is 0 Å². The van der Waals surface area contributed by atoms with E-state index in [1.807, 2.05) is 0 Å². The molecule has 0 aliphatic heterocycles. The minimum Gasteiger partial charge on any atom is -0.468 e. The lowest BCUT2D eigenvalue weighted by Gasteiger charge is -2.10. The molecule has 17 heavy (non-hydrogen) atoms. The number of benzene rings is 1.